The van der Waals surface area contributed by atoms with Crippen LogP contribution in [0.2, 0.25) is 5.02 Å². The van der Waals surface area contributed by atoms with Crippen LogP contribution in [0.1, 0.15) is 97.0 Å². The van der Waals surface area contributed by atoms with Crippen molar-refractivity contribution in [3.63, 3.8) is 0 Å². The number of piperidine rings is 3. The molecule has 3 fully saturated rings. The number of aliphatic hydroxyl groups is 1. The number of carbonyl (C=O) groups is 2. The lowest BCUT2D eigenvalue weighted by atomic mass is 9.83. The Bertz CT molecular complexity index is 2290. The van der Waals surface area contributed by atoms with Gasteiger partial charge in [-0.05, 0) is 72.5 Å². The predicted molar refractivity (Wildman–Crippen MR) is 238 cm³/mol. The lowest BCUT2D eigenvalue weighted by Gasteiger charge is -2.51. The number of aromatic nitrogens is 1. The number of aromatic amines is 1. The Hall–Kier alpha value is -5.20. The number of Topliss-reactive ketones (excluding diaryl/α,β-unsaturated/α-hetero) is 1. The average Bonchev–Trinajstić information content (AvgIpc) is 3.26. The summed E-state index contributed by atoms with van der Waals surface area (Å²) in [6.07, 6.45) is 7.86. The van der Waals surface area contributed by atoms with Gasteiger partial charge in [0.1, 0.15) is 24.6 Å². The SMILES string of the molecule is O=C(NC(c1cccc(Cl)c1)c1cccc(OCCCCCCCCCNC[C@@H](O)c2ccc(O)c3[nH]c(=O)ccc23)c1)O[C@H]1C[N+]2(CC(=O)c3ccccc3)CCC1CC2. The number of halogens is 1. The zero-order chi connectivity index (χ0) is 42.6. The van der Waals surface area contributed by atoms with Gasteiger partial charge in [-0.1, -0.05) is 104 Å². The summed E-state index contributed by atoms with van der Waals surface area (Å²) in [5, 5.41) is 28.5. The Kier molecular flexibility index (Phi) is 15.1. The first kappa shape index (κ1) is 43.9. The minimum atomic E-state index is -0.760. The Morgan fingerprint density at radius 1 is 0.836 bits per heavy atom. The number of ketones is 1. The minimum absolute atomic E-state index is 0.0189. The molecule has 12 heteroatoms. The molecule has 0 saturated carbocycles. The highest BCUT2D eigenvalue weighted by molar-refractivity contribution is 6.30. The second-order valence-corrected chi connectivity index (χ2v) is 17.2. The molecule has 61 heavy (non-hydrogen) atoms. The molecule has 0 aliphatic carbocycles. The molecule has 0 radical (unpaired) electrons. The number of pyridine rings is 1. The molecular formula is C49H58ClN4O7+. The van der Waals surface area contributed by atoms with E-state index in [9.17, 15) is 24.6 Å². The van der Waals surface area contributed by atoms with Crippen molar-refractivity contribution in [3.8, 4) is 11.5 Å². The third-order valence-electron chi connectivity index (χ3n) is 12.4. The second kappa shape index (κ2) is 21.1. The molecule has 3 aliphatic heterocycles. The molecule has 1 unspecified atom stereocenters. The van der Waals surface area contributed by atoms with Crippen LogP contribution in [-0.2, 0) is 4.74 Å². The first-order chi connectivity index (χ1) is 29.7. The van der Waals surface area contributed by atoms with Crippen molar-refractivity contribution in [2.75, 3.05) is 45.9 Å². The van der Waals surface area contributed by atoms with Crippen molar-refractivity contribution in [2.24, 2.45) is 5.92 Å². The average molecular weight is 850 g/mol. The summed E-state index contributed by atoms with van der Waals surface area (Å²) in [5.74, 6) is 1.13. The van der Waals surface area contributed by atoms with Crippen LogP contribution >= 0.6 is 11.6 Å². The fourth-order valence-corrected chi connectivity index (χ4v) is 9.24. The van der Waals surface area contributed by atoms with Crippen LogP contribution in [0.4, 0.5) is 4.79 Å². The third-order valence-corrected chi connectivity index (χ3v) is 12.6. The Balaban J connectivity index is 0.824. The molecule has 2 bridgehead atoms. The fraction of sp³-hybridized carbons (Fsp3) is 0.408. The summed E-state index contributed by atoms with van der Waals surface area (Å²) in [7, 11) is 0. The quantitative estimate of drug-likeness (QED) is 0.0280. The van der Waals surface area contributed by atoms with Gasteiger partial charge >= 0.3 is 6.09 Å². The molecule has 5 aromatic rings. The first-order valence-corrected chi connectivity index (χ1v) is 22.2. The summed E-state index contributed by atoms with van der Waals surface area (Å²) in [6.45, 7) is 4.67. The lowest BCUT2D eigenvalue weighted by molar-refractivity contribution is -0.938. The van der Waals surface area contributed by atoms with Crippen LogP contribution in [-0.4, -0.2) is 83.5 Å². The molecule has 4 heterocycles. The number of rotatable bonds is 21. The lowest BCUT2D eigenvalue weighted by Crippen LogP contribution is -2.66. The van der Waals surface area contributed by atoms with E-state index in [1.54, 1.807) is 12.1 Å². The summed E-state index contributed by atoms with van der Waals surface area (Å²) in [5.41, 5.74) is 3.12. The molecule has 4 aromatic carbocycles. The van der Waals surface area contributed by atoms with Gasteiger partial charge in [-0.15, -0.1) is 0 Å². The normalized spacial score (nSPS) is 19.3. The number of phenols is 1. The number of ether oxygens (including phenoxy) is 2. The molecule has 1 aromatic heterocycles. The van der Waals surface area contributed by atoms with Crippen LogP contribution in [0, 0.1) is 5.92 Å². The number of nitrogens with zero attached hydrogens (tertiary/aromatic N) is 1. The molecule has 3 aliphatic rings. The molecule has 3 saturated heterocycles. The second-order valence-electron chi connectivity index (χ2n) is 16.7. The third kappa shape index (κ3) is 11.8. The summed E-state index contributed by atoms with van der Waals surface area (Å²) >= 11 is 6.43. The summed E-state index contributed by atoms with van der Waals surface area (Å²) in [4.78, 5) is 41.2. The van der Waals surface area contributed by atoms with Crippen molar-refractivity contribution in [3.05, 3.63) is 141 Å². The standard InChI is InChI=1S/C49H57ClN4O7/c50-38-17-11-15-36(29-38)47(53-49(59)61-45-33-54(26-23-35(45)24-27-54)32-44(57)34-13-7-6-8-14-34)37-16-12-18-39(30-37)60-28-10-5-3-1-2-4-9-25-51-31-43(56)40-19-21-42(55)48-41(40)20-22-46(58)52-48/h6-8,11-22,29-30,35,43,45,47,51,56H,1-5,9-10,23-28,31-33H2,(H2-,52,53,55,58,59)/p+1/t35?,43-,45+,47?,54?/m1/s1. The Morgan fingerprint density at radius 2 is 1.56 bits per heavy atom. The van der Waals surface area contributed by atoms with Crippen molar-refractivity contribution in [1.82, 2.24) is 15.6 Å². The van der Waals surface area contributed by atoms with Gasteiger partial charge in [-0.25, -0.2) is 4.79 Å². The maximum Gasteiger partial charge on any atom is 0.408 e. The van der Waals surface area contributed by atoms with Crippen LogP contribution in [0.25, 0.3) is 10.9 Å². The number of quaternary nitrogens is 1. The van der Waals surface area contributed by atoms with E-state index in [1.165, 1.54) is 12.1 Å². The molecule has 3 atom stereocenters. The van der Waals surface area contributed by atoms with Crippen LogP contribution in [0.3, 0.4) is 0 Å². The predicted octanol–water partition coefficient (Wildman–Crippen LogP) is 8.63. The van der Waals surface area contributed by atoms with Gasteiger partial charge in [0.2, 0.25) is 11.3 Å². The van der Waals surface area contributed by atoms with Gasteiger partial charge in [-0.3, -0.25) is 9.59 Å². The molecule has 0 spiro atoms. The maximum atomic E-state index is 13.7. The topological polar surface area (TPSA) is 150 Å². The van der Waals surface area contributed by atoms with Crippen LogP contribution in [0.15, 0.2) is 108 Å². The number of hydrogen-bond acceptors (Lipinski definition) is 8. The van der Waals surface area contributed by atoms with Crippen molar-refractivity contribution >= 4 is 34.4 Å². The Morgan fingerprint density at radius 3 is 2.33 bits per heavy atom. The van der Waals surface area contributed by atoms with Crippen LogP contribution in [0.5, 0.6) is 11.5 Å². The molecule has 322 valence electrons. The highest BCUT2D eigenvalue weighted by Crippen LogP contribution is 2.36. The number of hydrogen-bond donors (Lipinski definition) is 5. The number of nitrogens with one attached hydrogen (secondary N) is 3. The molecule has 11 nitrogen and oxygen atoms in total. The fourth-order valence-electron chi connectivity index (χ4n) is 9.04. The number of benzene rings is 4. The number of fused-ring (bicyclic) bond motifs is 4. The Labute approximate surface area is 362 Å². The largest absolute Gasteiger partial charge is 0.506 e. The highest BCUT2D eigenvalue weighted by atomic mass is 35.5. The van der Waals surface area contributed by atoms with Gasteiger partial charge in [0.25, 0.3) is 0 Å². The number of carbonyl (C=O) groups excluding carboxylic acids is 2. The van der Waals surface area contributed by atoms with E-state index in [-0.39, 0.29) is 29.1 Å². The molecule has 8 rings (SSSR count). The number of amides is 1. The van der Waals surface area contributed by atoms with E-state index < -0.39 is 18.2 Å². The summed E-state index contributed by atoms with van der Waals surface area (Å²) in [6, 6.07) is 30.5. The maximum absolute atomic E-state index is 13.7. The van der Waals surface area contributed by atoms with Gasteiger partial charge < -0.3 is 39.8 Å². The number of H-pyrrole nitrogens is 1. The zero-order valence-corrected chi connectivity index (χ0v) is 35.5. The number of phenolic OH excluding ortho intramolecular Hbond substituents is 1. The van der Waals surface area contributed by atoms with E-state index in [4.69, 9.17) is 21.1 Å². The van der Waals surface area contributed by atoms with Crippen molar-refractivity contribution < 1.29 is 33.8 Å². The molecular weight excluding hydrogens is 792 g/mol. The van der Waals surface area contributed by atoms with Gasteiger partial charge in [0.15, 0.2) is 6.10 Å². The van der Waals surface area contributed by atoms with Crippen molar-refractivity contribution in [1.29, 1.82) is 0 Å². The zero-order valence-electron chi connectivity index (χ0n) is 34.7. The van der Waals surface area contributed by atoms with Crippen molar-refractivity contribution in [2.45, 2.75) is 76.0 Å². The smallest absolute Gasteiger partial charge is 0.408 e. The number of aliphatic hydroxyl groups excluding tert-OH is 1. The van der Waals surface area contributed by atoms with E-state index in [1.807, 2.05) is 78.9 Å². The highest BCUT2D eigenvalue weighted by Gasteiger charge is 2.48. The van der Waals surface area contributed by atoms with Gasteiger partial charge in [-0.2, -0.15) is 0 Å². The number of unbranched alkanes of at least 4 members (excludes halogenated alkanes) is 6. The minimum Gasteiger partial charge on any atom is -0.506 e. The first-order valence-electron chi connectivity index (χ1n) is 21.8. The van der Waals surface area contributed by atoms with Gasteiger partial charge in [0.05, 0.1) is 37.4 Å². The van der Waals surface area contributed by atoms with Gasteiger partial charge in [0, 0.05) is 47.3 Å². The van der Waals surface area contributed by atoms with Crippen LogP contribution < -0.4 is 20.9 Å². The number of aromatic hydroxyl groups is 1. The number of alkyl carbamates (subject to hydrolysis) is 1. The monoisotopic (exact) mass is 849 g/mol. The van der Waals surface area contributed by atoms with E-state index in [0.29, 0.717) is 52.2 Å². The van der Waals surface area contributed by atoms with E-state index in [2.05, 4.69) is 15.6 Å². The summed E-state index contributed by atoms with van der Waals surface area (Å²) < 4.78 is 13.0. The van der Waals surface area contributed by atoms with E-state index in [0.717, 1.165) is 99.9 Å². The molecule has 1 amide bonds. The van der Waals surface area contributed by atoms with E-state index >= 15 is 0 Å². The molecule has 5 N–H and O–H groups in total.